The highest BCUT2D eigenvalue weighted by Gasteiger charge is 2.08. The molecule has 1 rings (SSSR count). The second kappa shape index (κ2) is 4.97. The van der Waals surface area contributed by atoms with Crippen molar-refractivity contribution in [3.05, 3.63) is 24.3 Å². The van der Waals surface area contributed by atoms with Crippen molar-refractivity contribution in [2.75, 3.05) is 6.61 Å². The van der Waals surface area contributed by atoms with Crippen molar-refractivity contribution in [1.82, 2.24) is 9.97 Å². The Bertz CT molecular complexity index is 220. The summed E-state index contributed by atoms with van der Waals surface area (Å²) in [5.41, 5.74) is 0. The maximum Gasteiger partial charge on any atom is 0.216 e. The molecule has 0 saturated heterocycles. The fourth-order valence-electron chi connectivity index (χ4n) is 0.742. The van der Waals surface area contributed by atoms with Gasteiger partial charge in [-0.25, -0.2) is 9.97 Å². The first-order valence-corrected chi connectivity index (χ1v) is 5.32. The molecule has 1 aromatic rings. The van der Waals surface area contributed by atoms with Gasteiger partial charge in [-0.1, -0.05) is 0 Å². The lowest BCUT2D eigenvalue weighted by atomic mass is 10.5. The molecular formula is C7H12N2O2Si. The highest BCUT2D eigenvalue weighted by Crippen LogP contribution is 2.06. The second-order valence-electron chi connectivity index (χ2n) is 2.33. The summed E-state index contributed by atoms with van der Waals surface area (Å²) in [4.78, 5) is 7.71. The van der Waals surface area contributed by atoms with Crippen molar-refractivity contribution in [2.45, 2.75) is 12.3 Å². The van der Waals surface area contributed by atoms with Gasteiger partial charge in [-0.2, -0.15) is 0 Å². The summed E-state index contributed by atoms with van der Waals surface area (Å²) in [6.45, 7) is 0.575. The zero-order valence-corrected chi connectivity index (χ0v) is 8.97. The molecular weight excluding hydrogens is 172 g/mol. The molecule has 66 valence electrons. The minimum atomic E-state index is -0.972. The van der Waals surface area contributed by atoms with E-state index in [0.29, 0.717) is 12.4 Å². The molecule has 0 bridgehead atoms. The minimum Gasteiger partial charge on any atom is -0.362 e. The van der Waals surface area contributed by atoms with Crippen molar-refractivity contribution < 1.29 is 9.84 Å². The van der Waals surface area contributed by atoms with Gasteiger partial charge in [0.2, 0.25) is 6.29 Å². The predicted octanol–water partition coefficient (Wildman–Crippen LogP) is -0.732. The molecule has 5 heteroatoms. The average molecular weight is 184 g/mol. The van der Waals surface area contributed by atoms with Crippen LogP contribution in [0, 0.1) is 0 Å². The van der Waals surface area contributed by atoms with E-state index in [-0.39, 0.29) is 0 Å². The molecule has 1 aromatic heterocycles. The standard InChI is InChI=1S/C7H12N2O2Si/c10-7(11-4-5-12)6-8-2-1-3-9-6/h1-3,7,10H,4-5H2,12H3. The lowest BCUT2D eigenvalue weighted by Gasteiger charge is -2.08. The summed E-state index contributed by atoms with van der Waals surface area (Å²) in [6.07, 6.45) is 2.19. The van der Waals surface area contributed by atoms with Gasteiger partial charge < -0.3 is 9.84 Å². The lowest BCUT2D eigenvalue weighted by molar-refractivity contribution is -0.103. The van der Waals surface area contributed by atoms with Crippen molar-refractivity contribution in [1.29, 1.82) is 0 Å². The van der Waals surface area contributed by atoms with Crippen LogP contribution in [0.2, 0.25) is 6.04 Å². The zero-order chi connectivity index (χ0) is 8.81. The molecule has 0 aromatic carbocycles. The Morgan fingerprint density at radius 3 is 2.75 bits per heavy atom. The summed E-state index contributed by atoms with van der Waals surface area (Å²) < 4.78 is 5.04. The molecule has 0 aliphatic heterocycles. The molecule has 12 heavy (non-hydrogen) atoms. The molecule has 1 heterocycles. The highest BCUT2D eigenvalue weighted by molar-refractivity contribution is 6.08. The monoisotopic (exact) mass is 184 g/mol. The van der Waals surface area contributed by atoms with Crippen LogP contribution in [0.5, 0.6) is 0 Å². The molecule has 0 spiro atoms. The van der Waals surface area contributed by atoms with Gasteiger partial charge in [0.05, 0.1) is 0 Å². The van der Waals surface area contributed by atoms with Gasteiger partial charge >= 0.3 is 0 Å². The largest absolute Gasteiger partial charge is 0.362 e. The van der Waals surface area contributed by atoms with Crippen LogP contribution in [-0.4, -0.2) is 31.9 Å². The van der Waals surface area contributed by atoms with E-state index in [1.165, 1.54) is 0 Å². The Hall–Kier alpha value is -0.783. The summed E-state index contributed by atoms with van der Waals surface area (Å²) in [7, 11) is 1.08. The molecule has 1 atom stereocenters. The van der Waals surface area contributed by atoms with Crippen LogP contribution in [0.15, 0.2) is 18.5 Å². The molecule has 0 radical (unpaired) electrons. The van der Waals surface area contributed by atoms with Crippen LogP contribution < -0.4 is 0 Å². The molecule has 0 aliphatic rings. The SMILES string of the molecule is OC(OCC[SiH3])c1ncccn1. The fraction of sp³-hybridized carbons (Fsp3) is 0.429. The van der Waals surface area contributed by atoms with E-state index in [4.69, 9.17) is 4.74 Å². The van der Waals surface area contributed by atoms with E-state index in [9.17, 15) is 5.11 Å². The summed E-state index contributed by atoms with van der Waals surface area (Å²) in [6, 6.07) is 2.70. The quantitative estimate of drug-likeness (QED) is 0.495. The van der Waals surface area contributed by atoms with Crippen molar-refractivity contribution in [2.24, 2.45) is 0 Å². The molecule has 0 aliphatic carbocycles. The first-order chi connectivity index (χ1) is 5.84. The number of nitrogens with zero attached hydrogens (tertiary/aromatic N) is 2. The smallest absolute Gasteiger partial charge is 0.216 e. The highest BCUT2D eigenvalue weighted by atomic mass is 28.1. The molecule has 0 fully saturated rings. The van der Waals surface area contributed by atoms with E-state index in [2.05, 4.69) is 9.97 Å². The second-order valence-corrected chi connectivity index (χ2v) is 3.33. The first-order valence-electron chi connectivity index (χ1n) is 3.91. The summed E-state index contributed by atoms with van der Waals surface area (Å²) in [5, 5.41) is 9.32. The van der Waals surface area contributed by atoms with Crippen LogP contribution in [0.25, 0.3) is 0 Å². The maximum absolute atomic E-state index is 9.32. The Morgan fingerprint density at radius 1 is 1.50 bits per heavy atom. The minimum absolute atomic E-state index is 0.326. The maximum atomic E-state index is 9.32. The Kier molecular flexibility index (Phi) is 3.85. The number of aromatic nitrogens is 2. The Morgan fingerprint density at radius 2 is 2.17 bits per heavy atom. The lowest BCUT2D eigenvalue weighted by Crippen LogP contribution is -2.07. The van der Waals surface area contributed by atoms with E-state index in [1.807, 2.05) is 0 Å². The van der Waals surface area contributed by atoms with Gasteiger partial charge in [0, 0.05) is 29.2 Å². The number of ether oxygens (including phenoxy) is 1. The van der Waals surface area contributed by atoms with Gasteiger partial charge in [-0.3, -0.25) is 0 Å². The average Bonchev–Trinajstić information content (AvgIpc) is 2.15. The summed E-state index contributed by atoms with van der Waals surface area (Å²) >= 11 is 0. The Labute approximate surface area is 74.0 Å². The zero-order valence-electron chi connectivity index (χ0n) is 6.97. The van der Waals surface area contributed by atoms with Gasteiger partial charge in [0.1, 0.15) is 0 Å². The third kappa shape index (κ3) is 2.69. The number of hydrogen-bond donors (Lipinski definition) is 1. The third-order valence-electron chi connectivity index (χ3n) is 1.29. The predicted molar refractivity (Wildman–Crippen MR) is 47.7 cm³/mol. The Balaban J connectivity index is 2.48. The molecule has 1 unspecified atom stereocenters. The van der Waals surface area contributed by atoms with Gasteiger partial charge in [-0.15, -0.1) is 0 Å². The number of aliphatic hydroxyl groups is 1. The van der Waals surface area contributed by atoms with E-state index < -0.39 is 6.29 Å². The fourth-order valence-corrected chi connectivity index (χ4v) is 0.978. The van der Waals surface area contributed by atoms with Crippen LogP contribution in [0.4, 0.5) is 0 Å². The number of rotatable bonds is 4. The van der Waals surface area contributed by atoms with E-state index in [1.54, 1.807) is 18.5 Å². The van der Waals surface area contributed by atoms with Crippen LogP contribution >= 0.6 is 0 Å². The van der Waals surface area contributed by atoms with Gasteiger partial charge in [-0.05, 0) is 12.1 Å². The van der Waals surface area contributed by atoms with Crippen molar-refractivity contribution in [3.63, 3.8) is 0 Å². The van der Waals surface area contributed by atoms with Gasteiger partial charge in [0.15, 0.2) is 5.82 Å². The normalized spacial score (nSPS) is 13.1. The van der Waals surface area contributed by atoms with Crippen molar-refractivity contribution >= 4 is 10.2 Å². The molecule has 4 nitrogen and oxygen atoms in total. The van der Waals surface area contributed by atoms with Crippen LogP contribution in [0.1, 0.15) is 12.1 Å². The van der Waals surface area contributed by atoms with Crippen LogP contribution in [0.3, 0.4) is 0 Å². The molecule has 1 N–H and O–H groups in total. The van der Waals surface area contributed by atoms with Crippen molar-refractivity contribution in [3.8, 4) is 0 Å². The first kappa shape index (κ1) is 9.31. The molecule has 0 amide bonds. The topological polar surface area (TPSA) is 55.2 Å². The van der Waals surface area contributed by atoms with E-state index in [0.717, 1.165) is 16.3 Å². The van der Waals surface area contributed by atoms with Gasteiger partial charge in [0.25, 0.3) is 0 Å². The number of aliphatic hydroxyl groups excluding tert-OH is 1. The third-order valence-corrected chi connectivity index (χ3v) is 1.69. The summed E-state index contributed by atoms with van der Waals surface area (Å²) in [5.74, 6) is 0.326. The number of hydrogen-bond acceptors (Lipinski definition) is 4. The molecule has 0 saturated carbocycles. The van der Waals surface area contributed by atoms with E-state index >= 15 is 0 Å². The van der Waals surface area contributed by atoms with Crippen LogP contribution in [-0.2, 0) is 4.74 Å².